The number of carbonyl (C=O) groups is 2. The molecule has 0 saturated carbocycles. The zero-order valence-corrected chi connectivity index (χ0v) is 11.6. The third-order valence-corrected chi connectivity index (χ3v) is 3.21. The lowest BCUT2D eigenvalue weighted by Gasteiger charge is -2.23. The quantitative estimate of drug-likeness (QED) is 0.890. The van der Waals surface area contributed by atoms with Gasteiger partial charge in [-0.3, -0.25) is 4.79 Å². The molecule has 0 radical (unpaired) electrons. The van der Waals surface area contributed by atoms with E-state index < -0.39 is 5.97 Å². The van der Waals surface area contributed by atoms with Crippen LogP contribution < -0.4 is 4.90 Å². The van der Waals surface area contributed by atoms with Gasteiger partial charge in [0.25, 0.3) is 0 Å². The summed E-state index contributed by atoms with van der Waals surface area (Å²) in [6.45, 7) is 6.72. The number of hydrogen-bond acceptors (Lipinski definition) is 2. The summed E-state index contributed by atoms with van der Waals surface area (Å²) in [5.74, 6) is -0.897. The van der Waals surface area contributed by atoms with E-state index in [2.05, 4.69) is 0 Å². The van der Waals surface area contributed by atoms with Crippen LogP contribution in [0.4, 0.5) is 5.69 Å². The molecule has 1 N–H and O–H groups in total. The molecule has 1 aromatic carbocycles. The topological polar surface area (TPSA) is 57.6 Å². The highest BCUT2D eigenvalue weighted by atomic mass is 16.4. The van der Waals surface area contributed by atoms with Crippen LogP contribution in [-0.2, 0) is 11.2 Å². The van der Waals surface area contributed by atoms with E-state index in [4.69, 9.17) is 5.11 Å². The summed E-state index contributed by atoms with van der Waals surface area (Å²) >= 11 is 0. The first-order valence-electron chi connectivity index (χ1n) is 6.44. The van der Waals surface area contributed by atoms with Crippen molar-refractivity contribution in [2.24, 2.45) is 5.41 Å². The summed E-state index contributed by atoms with van der Waals surface area (Å²) < 4.78 is 0. The van der Waals surface area contributed by atoms with Gasteiger partial charge in [-0.2, -0.15) is 0 Å². The Balaban J connectivity index is 2.28. The number of nitrogens with zero attached hydrogens (tertiary/aromatic N) is 1. The van der Waals surface area contributed by atoms with Crippen LogP contribution in [0.15, 0.2) is 18.2 Å². The molecule has 4 heteroatoms. The fraction of sp³-hybridized carbons (Fsp3) is 0.467. The van der Waals surface area contributed by atoms with Crippen molar-refractivity contribution >= 4 is 17.6 Å². The predicted octanol–water partition coefficient (Wildman–Crippen LogP) is 2.71. The van der Waals surface area contributed by atoms with E-state index in [0.717, 1.165) is 17.7 Å². The Kier molecular flexibility index (Phi) is 3.35. The van der Waals surface area contributed by atoms with Gasteiger partial charge in [-0.25, -0.2) is 4.79 Å². The van der Waals surface area contributed by atoms with Crippen molar-refractivity contribution in [1.82, 2.24) is 0 Å². The molecule has 19 heavy (non-hydrogen) atoms. The van der Waals surface area contributed by atoms with Gasteiger partial charge in [0.05, 0.1) is 5.56 Å². The van der Waals surface area contributed by atoms with Gasteiger partial charge in [-0.1, -0.05) is 26.8 Å². The van der Waals surface area contributed by atoms with Gasteiger partial charge < -0.3 is 10.0 Å². The van der Waals surface area contributed by atoms with Gasteiger partial charge in [0.1, 0.15) is 0 Å². The maximum absolute atomic E-state index is 12.3. The van der Waals surface area contributed by atoms with E-state index in [0.29, 0.717) is 13.0 Å². The zero-order valence-electron chi connectivity index (χ0n) is 11.6. The van der Waals surface area contributed by atoms with Crippen molar-refractivity contribution in [3.8, 4) is 0 Å². The van der Waals surface area contributed by atoms with Crippen molar-refractivity contribution in [1.29, 1.82) is 0 Å². The number of hydrogen-bond donors (Lipinski definition) is 1. The van der Waals surface area contributed by atoms with E-state index >= 15 is 0 Å². The van der Waals surface area contributed by atoms with E-state index in [1.165, 1.54) is 0 Å². The molecule has 1 heterocycles. The number of benzene rings is 1. The average molecular weight is 261 g/mol. The van der Waals surface area contributed by atoms with Crippen LogP contribution in [0.25, 0.3) is 0 Å². The van der Waals surface area contributed by atoms with E-state index in [1.54, 1.807) is 17.0 Å². The van der Waals surface area contributed by atoms with Crippen molar-refractivity contribution in [2.75, 3.05) is 11.4 Å². The summed E-state index contributed by atoms with van der Waals surface area (Å²) in [4.78, 5) is 25.0. The van der Waals surface area contributed by atoms with Gasteiger partial charge in [0.15, 0.2) is 0 Å². The number of carboxylic acid groups (broad SMARTS) is 1. The van der Waals surface area contributed by atoms with Crippen LogP contribution in [0.2, 0.25) is 0 Å². The second kappa shape index (κ2) is 4.68. The van der Waals surface area contributed by atoms with Gasteiger partial charge in [-0.15, -0.1) is 0 Å². The third kappa shape index (κ3) is 2.95. The largest absolute Gasteiger partial charge is 0.478 e. The zero-order chi connectivity index (χ0) is 14.2. The molecule has 4 nitrogen and oxygen atoms in total. The molecule has 1 aliphatic heterocycles. The molecule has 0 aromatic heterocycles. The molecule has 2 rings (SSSR count). The van der Waals surface area contributed by atoms with Gasteiger partial charge in [0, 0.05) is 18.7 Å². The lowest BCUT2D eigenvalue weighted by atomic mass is 9.91. The lowest BCUT2D eigenvalue weighted by Crippen LogP contribution is -2.32. The average Bonchev–Trinajstić information content (AvgIpc) is 2.68. The molecule has 0 saturated heterocycles. The Morgan fingerprint density at radius 2 is 2.00 bits per heavy atom. The highest BCUT2D eigenvalue weighted by Crippen LogP contribution is 2.31. The smallest absolute Gasteiger partial charge is 0.335 e. The summed E-state index contributed by atoms with van der Waals surface area (Å²) in [6.07, 6.45) is 1.26. The number of anilines is 1. The highest BCUT2D eigenvalue weighted by Gasteiger charge is 2.28. The van der Waals surface area contributed by atoms with Crippen LogP contribution in [-0.4, -0.2) is 23.5 Å². The third-order valence-electron chi connectivity index (χ3n) is 3.21. The van der Waals surface area contributed by atoms with Gasteiger partial charge >= 0.3 is 5.97 Å². The summed E-state index contributed by atoms with van der Waals surface area (Å²) in [5.41, 5.74) is 1.97. The number of amides is 1. The summed E-state index contributed by atoms with van der Waals surface area (Å²) in [5, 5.41) is 9.02. The molecule has 0 unspecified atom stereocenters. The van der Waals surface area contributed by atoms with Crippen LogP contribution in [0.5, 0.6) is 0 Å². The second-order valence-electron chi connectivity index (χ2n) is 6.18. The summed E-state index contributed by atoms with van der Waals surface area (Å²) in [7, 11) is 0. The first kappa shape index (κ1) is 13.6. The number of carbonyl (C=O) groups excluding carboxylic acids is 1. The van der Waals surface area contributed by atoms with Gasteiger partial charge in [0.2, 0.25) is 5.91 Å². The molecule has 0 fully saturated rings. The molecule has 1 amide bonds. The van der Waals surface area contributed by atoms with E-state index in [9.17, 15) is 9.59 Å². The fourth-order valence-electron chi connectivity index (χ4n) is 2.32. The van der Waals surface area contributed by atoms with Crippen LogP contribution >= 0.6 is 0 Å². The molecular formula is C15H19NO3. The van der Waals surface area contributed by atoms with Crippen LogP contribution in [0.3, 0.4) is 0 Å². The van der Waals surface area contributed by atoms with E-state index in [1.807, 2.05) is 26.8 Å². The Morgan fingerprint density at radius 1 is 1.32 bits per heavy atom. The van der Waals surface area contributed by atoms with E-state index in [-0.39, 0.29) is 16.9 Å². The Bertz CT molecular complexity index is 529. The number of fused-ring (bicyclic) bond motifs is 1. The normalized spacial score (nSPS) is 14.4. The second-order valence-corrected chi connectivity index (χ2v) is 6.18. The number of aromatic carboxylic acids is 1. The molecular weight excluding hydrogens is 242 g/mol. The van der Waals surface area contributed by atoms with Crippen molar-refractivity contribution in [3.05, 3.63) is 29.3 Å². The maximum atomic E-state index is 12.3. The maximum Gasteiger partial charge on any atom is 0.335 e. The first-order valence-corrected chi connectivity index (χ1v) is 6.44. The van der Waals surface area contributed by atoms with Crippen molar-refractivity contribution in [3.63, 3.8) is 0 Å². The molecule has 0 atom stereocenters. The first-order chi connectivity index (χ1) is 8.78. The number of carboxylic acids is 1. The standard InChI is InChI=1S/C15H19NO3/c1-15(2,3)9-13(17)16-7-6-10-4-5-11(14(18)19)8-12(10)16/h4-5,8H,6-7,9H2,1-3H3,(H,18,19). The minimum atomic E-state index is -0.960. The lowest BCUT2D eigenvalue weighted by molar-refractivity contribution is -0.120. The Morgan fingerprint density at radius 3 is 2.58 bits per heavy atom. The molecule has 0 bridgehead atoms. The van der Waals surface area contributed by atoms with Crippen molar-refractivity contribution < 1.29 is 14.7 Å². The van der Waals surface area contributed by atoms with Crippen LogP contribution in [0, 0.1) is 5.41 Å². The molecule has 1 aliphatic rings. The minimum Gasteiger partial charge on any atom is -0.478 e. The Hall–Kier alpha value is -1.84. The molecule has 0 aliphatic carbocycles. The number of rotatable bonds is 2. The molecule has 0 spiro atoms. The Labute approximate surface area is 113 Å². The van der Waals surface area contributed by atoms with Crippen LogP contribution in [0.1, 0.15) is 43.1 Å². The van der Waals surface area contributed by atoms with Gasteiger partial charge in [-0.05, 0) is 29.5 Å². The van der Waals surface area contributed by atoms with Crippen molar-refractivity contribution in [2.45, 2.75) is 33.6 Å². The monoisotopic (exact) mass is 261 g/mol. The predicted molar refractivity (Wildman–Crippen MR) is 73.5 cm³/mol. The molecule has 102 valence electrons. The highest BCUT2D eigenvalue weighted by molar-refractivity contribution is 5.98. The fourth-order valence-corrected chi connectivity index (χ4v) is 2.32. The minimum absolute atomic E-state index is 0.0637. The SMILES string of the molecule is CC(C)(C)CC(=O)N1CCc2ccc(C(=O)O)cc21. The molecule has 1 aromatic rings. The summed E-state index contributed by atoms with van der Waals surface area (Å²) in [6, 6.07) is 5.01.